The number of aromatic nitrogens is 1. The maximum absolute atomic E-state index is 10.6. The van der Waals surface area contributed by atoms with Gasteiger partial charge in [-0.25, -0.2) is 14.6 Å². The Bertz CT molecular complexity index is 997. The predicted octanol–water partition coefficient (Wildman–Crippen LogP) is 4.06. The van der Waals surface area contributed by atoms with E-state index in [0.717, 1.165) is 50.6 Å². The van der Waals surface area contributed by atoms with Crippen molar-refractivity contribution in [2.45, 2.75) is 50.4 Å². The third-order valence-corrected chi connectivity index (χ3v) is 5.06. The van der Waals surface area contributed by atoms with Crippen LogP contribution in [0.25, 0.3) is 0 Å². The van der Waals surface area contributed by atoms with Crippen molar-refractivity contribution in [2.75, 3.05) is 19.7 Å². The minimum absolute atomic E-state index is 0.0562. The van der Waals surface area contributed by atoms with Gasteiger partial charge in [-0.3, -0.25) is 4.90 Å². The molecule has 2 N–H and O–H groups in total. The minimum Gasteiger partial charge on any atom is -0.475 e. The first-order valence-corrected chi connectivity index (χ1v) is 10.7. The SMILES string of the molecule is Cc1ccc(CN2CC3(CC(Oc4ccccn4)CCO3)C2)o1.O=C(O)C(F)(F)F.O=C(O)C(F)(F)F. The maximum atomic E-state index is 10.6. The third-order valence-electron chi connectivity index (χ3n) is 5.06. The summed E-state index contributed by atoms with van der Waals surface area (Å²) in [5, 5.41) is 14.2. The van der Waals surface area contributed by atoms with Crippen LogP contribution in [0.2, 0.25) is 0 Å². The number of furan rings is 1. The van der Waals surface area contributed by atoms with Crippen LogP contribution in [-0.4, -0.2) is 75.8 Å². The number of likely N-dealkylation sites (tertiary alicyclic amines) is 1. The van der Waals surface area contributed by atoms with E-state index in [-0.39, 0.29) is 11.7 Å². The van der Waals surface area contributed by atoms with Gasteiger partial charge in [0, 0.05) is 38.2 Å². The molecule has 2 fully saturated rings. The second kappa shape index (κ2) is 12.3. The average molecular weight is 542 g/mol. The van der Waals surface area contributed by atoms with Gasteiger partial charge in [0.1, 0.15) is 17.6 Å². The van der Waals surface area contributed by atoms with Crippen LogP contribution in [0.4, 0.5) is 26.3 Å². The predicted molar refractivity (Wildman–Crippen MR) is 113 cm³/mol. The molecule has 0 aliphatic carbocycles. The number of alkyl halides is 6. The highest BCUT2D eigenvalue weighted by Crippen LogP contribution is 2.36. The molecule has 4 heterocycles. The monoisotopic (exact) mass is 542 g/mol. The molecule has 15 heteroatoms. The Labute approximate surface area is 206 Å². The number of pyridine rings is 1. The number of carboxylic acids is 2. The summed E-state index contributed by atoms with van der Waals surface area (Å²) in [6, 6.07) is 9.83. The number of ether oxygens (including phenoxy) is 2. The summed E-state index contributed by atoms with van der Waals surface area (Å²) in [5.41, 5.74) is -0.0562. The number of rotatable bonds is 4. The van der Waals surface area contributed by atoms with Gasteiger partial charge >= 0.3 is 24.3 Å². The zero-order valence-electron chi connectivity index (χ0n) is 19.4. The molecule has 1 atom stereocenters. The molecule has 0 saturated carbocycles. The molecule has 0 amide bonds. The van der Waals surface area contributed by atoms with Gasteiger partial charge in [0.25, 0.3) is 0 Å². The second-order valence-corrected chi connectivity index (χ2v) is 8.20. The Morgan fingerprint density at radius 2 is 1.68 bits per heavy atom. The van der Waals surface area contributed by atoms with Crippen molar-refractivity contribution in [3.63, 3.8) is 0 Å². The van der Waals surface area contributed by atoms with Crippen molar-refractivity contribution < 1.29 is 60.0 Å². The fraction of sp³-hybridized carbons (Fsp3) is 0.500. The van der Waals surface area contributed by atoms with Crippen molar-refractivity contribution in [1.82, 2.24) is 9.88 Å². The van der Waals surface area contributed by atoms with Gasteiger partial charge in [-0.1, -0.05) is 6.07 Å². The number of nitrogens with zero attached hydrogens (tertiary/aromatic N) is 2. The number of aryl methyl sites for hydroxylation is 1. The van der Waals surface area contributed by atoms with Gasteiger partial charge < -0.3 is 24.1 Å². The molecule has 2 aliphatic heterocycles. The van der Waals surface area contributed by atoms with Crippen molar-refractivity contribution in [3.05, 3.63) is 48.0 Å². The fourth-order valence-corrected chi connectivity index (χ4v) is 3.56. The van der Waals surface area contributed by atoms with E-state index in [1.807, 2.05) is 31.2 Å². The Kier molecular flexibility index (Phi) is 9.92. The van der Waals surface area contributed by atoms with E-state index < -0.39 is 24.3 Å². The van der Waals surface area contributed by atoms with Crippen LogP contribution in [0.5, 0.6) is 5.88 Å². The van der Waals surface area contributed by atoms with Gasteiger partial charge in [-0.2, -0.15) is 26.3 Å². The van der Waals surface area contributed by atoms with Crippen molar-refractivity contribution in [1.29, 1.82) is 0 Å². The molecule has 0 bridgehead atoms. The fourth-order valence-electron chi connectivity index (χ4n) is 3.56. The summed E-state index contributed by atoms with van der Waals surface area (Å²) >= 11 is 0. The lowest BCUT2D eigenvalue weighted by Gasteiger charge is -2.52. The highest BCUT2D eigenvalue weighted by molar-refractivity contribution is 5.73. The van der Waals surface area contributed by atoms with Crippen LogP contribution in [0.15, 0.2) is 40.9 Å². The van der Waals surface area contributed by atoms with Crippen LogP contribution in [0.3, 0.4) is 0 Å². The van der Waals surface area contributed by atoms with Crippen molar-refractivity contribution in [2.24, 2.45) is 0 Å². The Hall–Kier alpha value is -3.33. The first-order chi connectivity index (χ1) is 17.1. The van der Waals surface area contributed by atoms with Crippen molar-refractivity contribution in [3.8, 4) is 5.88 Å². The highest BCUT2D eigenvalue weighted by atomic mass is 19.4. The lowest BCUT2D eigenvalue weighted by Crippen LogP contribution is -2.65. The smallest absolute Gasteiger partial charge is 0.475 e. The van der Waals surface area contributed by atoms with Crippen LogP contribution in [0, 0.1) is 6.92 Å². The Morgan fingerprint density at radius 3 is 2.14 bits per heavy atom. The number of hydrogen-bond acceptors (Lipinski definition) is 7. The number of halogens is 6. The largest absolute Gasteiger partial charge is 0.490 e. The van der Waals surface area contributed by atoms with E-state index >= 15 is 0 Å². The third kappa shape index (κ3) is 9.92. The van der Waals surface area contributed by atoms with Gasteiger partial charge in [-0.05, 0) is 25.1 Å². The van der Waals surface area contributed by atoms with Crippen LogP contribution in [-0.2, 0) is 20.9 Å². The Morgan fingerprint density at radius 1 is 1.08 bits per heavy atom. The topological polar surface area (TPSA) is 122 Å². The second-order valence-electron chi connectivity index (χ2n) is 8.20. The summed E-state index contributed by atoms with van der Waals surface area (Å²) in [5.74, 6) is -2.82. The molecule has 2 aromatic heterocycles. The Balaban J connectivity index is 0.000000286. The number of carboxylic acid groups (broad SMARTS) is 2. The molecule has 1 unspecified atom stereocenters. The highest BCUT2D eigenvalue weighted by Gasteiger charge is 2.48. The quantitative estimate of drug-likeness (QED) is 0.551. The van der Waals surface area contributed by atoms with Crippen LogP contribution < -0.4 is 4.74 Å². The normalized spacial score (nSPS) is 18.9. The summed E-state index contributed by atoms with van der Waals surface area (Å²) in [4.78, 5) is 24.4. The van der Waals surface area contributed by atoms with E-state index in [1.54, 1.807) is 6.20 Å². The summed E-state index contributed by atoms with van der Waals surface area (Å²) in [6.45, 7) is 5.46. The molecule has 4 rings (SSSR count). The number of carbonyl (C=O) groups is 2. The molecule has 2 aromatic rings. The molecule has 0 aromatic carbocycles. The molecule has 2 saturated heterocycles. The van der Waals surface area contributed by atoms with Crippen LogP contribution >= 0.6 is 0 Å². The molecule has 9 nitrogen and oxygen atoms in total. The molecule has 37 heavy (non-hydrogen) atoms. The zero-order chi connectivity index (χ0) is 27.9. The van der Waals surface area contributed by atoms with Crippen molar-refractivity contribution >= 4 is 11.9 Å². The average Bonchev–Trinajstić information content (AvgIpc) is 3.18. The van der Waals surface area contributed by atoms with E-state index in [2.05, 4.69) is 16.0 Å². The first kappa shape index (κ1) is 29.9. The molecular formula is C22H24F6N2O7. The molecule has 0 radical (unpaired) electrons. The minimum atomic E-state index is -5.08. The van der Waals surface area contributed by atoms with Gasteiger partial charge in [0.2, 0.25) is 5.88 Å². The van der Waals surface area contributed by atoms with Crippen LogP contribution in [0.1, 0.15) is 24.4 Å². The summed E-state index contributed by atoms with van der Waals surface area (Å²) in [6.07, 6.45) is -6.36. The van der Waals surface area contributed by atoms with E-state index in [0.29, 0.717) is 5.88 Å². The number of aliphatic carboxylic acids is 2. The maximum Gasteiger partial charge on any atom is 0.490 e. The summed E-state index contributed by atoms with van der Waals surface area (Å²) < 4.78 is 81.2. The molecule has 1 spiro atoms. The van der Waals surface area contributed by atoms with E-state index in [1.165, 1.54) is 0 Å². The van der Waals surface area contributed by atoms with Gasteiger partial charge in [-0.15, -0.1) is 0 Å². The van der Waals surface area contributed by atoms with E-state index in [9.17, 15) is 26.3 Å². The molecule has 206 valence electrons. The lowest BCUT2D eigenvalue weighted by molar-refractivity contribution is -0.193. The number of hydrogen-bond donors (Lipinski definition) is 2. The standard InChI is InChI=1S/C18H22N2O3.2C2HF3O2/c1-14-5-6-16(22-14)11-20-12-18(13-20)10-15(7-9-21-18)23-17-4-2-3-8-19-17;2*3-2(4,5)1(6)7/h2-6,8,15H,7,9-13H2,1H3;2*(H,6,7). The van der Waals surface area contributed by atoms with Gasteiger partial charge in [0.05, 0.1) is 18.8 Å². The van der Waals surface area contributed by atoms with Gasteiger partial charge in [0.15, 0.2) is 0 Å². The zero-order valence-corrected chi connectivity index (χ0v) is 19.4. The van der Waals surface area contributed by atoms with E-state index in [4.69, 9.17) is 33.7 Å². The first-order valence-electron chi connectivity index (χ1n) is 10.7. The molecular weight excluding hydrogens is 518 g/mol. The lowest BCUT2D eigenvalue weighted by atomic mass is 9.84. The molecule has 2 aliphatic rings. The summed E-state index contributed by atoms with van der Waals surface area (Å²) in [7, 11) is 0.